The summed E-state index contributed by atoms with van der Waals surface area (Å²) in [6.45, 7) is 4.30. The minimum Gasteiger partial charge on any atom is -0.618 e. The number of methoxy groups -OCH3 is 1. The van der Waals surface area contributed by atoms with Gasteiger partial charge >= 0.3 is 6.18 Å². The van der Waals surface area contributed by atoms with Gasteiger partial charge in [-0.15, -0.1) is 0 Å². The normalized spacial score (nSPS) is 11.5. The summed E-state index contributed by atoms with van der Waals surface area (Å²) in [5.41, 5.74) is 0.289. The number of pyridine rings is 1. The molecule has 0 amide bonds. The highest BCUT2D eigenvalue weighted by atomic mass is 19.4. The second-order valence-electron chi connectivity index (χ2n) is 6.00. The van der Waals surface area contributed by atoms with Gasteiger partial charge in [-0.25, -0.2) is 0 Å². The Morgan fingerprint density at radius 1 is 1.15 bits per heavy atom. The number of aromatic nitrogens is 1. The Bertz CT molecular complexity index is 737. The summed E-state index contributed by atoms with van der Waals surface area (Å²) in [5.74, 6) is 0.423. The fourth-order valence-corrected chi connectivity index (χ4v) is 2.69. The van der Waals surface area contributed by atoms with Crippen LogP contribution in [0, 0.1) is 12.1 Å². The summed E-state index contributed by atoms with van der Waals surface area (Å²) in [7, 11) is 1.27. The molecule has 0 N–H and O–H groups in total. The van der Waals surface area contributed by atoms with Gasteiger partial charge in [0.1, 0.15) is 5.75 Å². The third-order valence-electron chi connectivity index (χ3n) is 4.00. The Labute approximate surface area is 150 Å². The monoisotopic (exact) mass is 369 g/mol. The zero-order chi connectivity index (χ0) is 19.3. The van der Waals surface area contributed by atoms with E-state index in [1.54, 1.807) is 13.0 Å². The first-order chi connectivity index (χ1) is 12.3. The van der Waals surface area contributed by atoms with Gasteiger partial charge < -0.3 is 14.7 Å². The Morgan fingerprint density at radius 3 is 2.46 bits per heavy atom. The highest BCUT2D eigenvalue weighted by Gasteiger charge is 2.32. The maximum Gasteiger partial charge on any atom is 0.416 e. The third kappa shape index (κ3) is 4.59. The first-order valence-electron chi connectivity index (χ1n) is 8.40. The molecule has 0 aliphatic heterocycles. The Hall–Kier alpha value is -2.44. The molecule has 0 saturated carbocycles. The summed E-state index contributed by atoms with van der Waals surface area (Å²) >= 11 is 0. The highest BCUT2D eigenvalue weighted by Crippen LogP contribution is 2.37. The lowest BCUT2D eigenvalue weighted by Gasteiger charge is -2.15. The topological polar surface area (TPSA) is 45.4 Å². The molecule has 1 heterocycles. The van der Waals surface area contributed by atoms with Crippen molar-refractivity contribution in [2.24, 2.45) is 0 Å². The number of aryl methyl sites for hydroxylation is 1. The van der Waals surface area contributed by atoms with Crippen LogP contribution >= 0.6 is 0 Å². The van der Waals surface area contributed by atoms with Gasteiger partial charge in [-0.1, -0.05) is 19.8 Å². The van der Waals surface area contributed by atoms with E-state index >= 15 is 0 Å². The van der Waals surface area contributed by atoms with Crippen LogP contribution in [0.4, 0.5) is 13.2 Å². The van der Waals surface area contributed by atoms with Crippen LogP contribution in [0.1, 0.15) is 37.3 Å². The largest absolute Gasteiger partial charge is 0.618 e. The molecule has 0 spiro atoms. The zero-order valence-electron chi connectivity index (χ0n) is 15.0. The van der Waals surface area contributed by atoms with Gasteiger partial charge in [-0.3, -0.25) is 0 Å². The second kappa shape index (κ2) is 8.29. The van der Waals surface area contributed by atoms with Gasteiger partial charge in [0.2, 0.25) is 11.9 Å². The molecule has 1 aromatic heterocycles. The highest BCUT2D eigenvalue weighted by molar-refractivity contribution is 5.68. The number of rotatable bonds is 7. The minimum atomic E-state index is -4.48. The number of hydrogen-bond acceptors (Lipinski definition) is 3. The van der Waals surface area contributed by atoms with Crippen LogP contribution in [0.5, 0.6) is 11.5 Å². The van der Waals surface area contributed by atoms with E-state index in [2.05, 4.69) is 6.92 Å². The maximum absolute atomic E-state index is 12.9. The van der Waals surface area contributed by atoms with Gasteiger partial charge in [0, 0.05) is 5.56 Å². The molecule has 26 heavy (non-hydrogen) atoms. The Morgan fingerprint density at radius 2 is 1.88 bits per heavy atom. The first-order valence-corrected chi connectivity index (χ1v) is 8.40. The number of alkyl halides is 3. The minimum absolute atomic E-state index is 0.0101. The van der Waals surface area contributed by atoms with Crippen LogP contribution in [-0.4, -0.2) is 13.7 Å². The molecular weight excluding hydrogens is 347 g/mol. The SMILES string of the molecule is CCCCCOc1cc(C)c(-c2ccc(C(F)(F)F)cc2OC)[n+]([O-])c1. The molecule has 0 unspecified atom stereocenters. The van der Waals surface area contributed by atoms with Crippen molar-refractivity contribution in [1.29, 1.82) is 0 Å². The lowest BCUT2D eigenvalue weighted by Crippen LogP contribution is -2.30. The summed E-state index contributed by atoms with van der Waals surface area (Å²) < 4.78 is 49.9. The number of hydrogen-bond donors (Lipinski definition) is 0. The molecule has 1 aromatic carbocycles. The van der Waals surface area contributed by atoms with Crippen molar-refractivity contribution in [1.82, 2.24) is 0 Å². The predicted octanol–water partition coefficient (Wildman–Crippen LogP) is 4.89. The number of halogens is 3. The second-order valence-corrected chi connectivity index (χ2v) is 6.00. The number of benzene rings is 1. The van der Waals surface area contributed by atoms with E-state index in [9.17, 15) is 18.4 Å². The molecule has 0 aliphatic rings. The van der Waals surface area contributed by atoms with Crippen molar-refractivity contribution in [2.75, 3.05) is 13.7 Å². The molecular formula is C19H22F3NO3. The maximum atomic E-state index is 12.9. The van der Waals surface area contributed by atoms with Gasteiger partial charge in [-0.2, -0.15) is 17.9 Å². The van der Waals surface area contributed by atoms with Crippen molar-refractivity contribution in [3.05, 3.63) is 46.8 Å². The van der Waals surface area contributed by atoms with Crippen LogP contribution in [0.25, 0.3) is 11.3 Å². The van der Waals surface area contributed by atoms with Crippen molar-refractivity contribution < 1.29 is 27.4 Å². The summed E-state index contributed by atoms with van der Waals surface area (Å²) in [4.78, 5) is 0. The molecule has 0 saturated heterocycles. The predicted molar refractivity (Wildman–Crippen MR) is 92.1 cm³/mol. The number of nitrogens with zero attached hydrogens (tertiary/aromatic N) is 1. The Kier molecular flexibility index (Phi) is 6.34. The van der Waals surface area contributed by atoms with E-state index < -0.39 is 11.7 Å². The number of ether oxygens (including phenoxy) is 2. The molecule has 0 radical (unpaired) electrons. The van der Waals surface area contributed by atoms with Crippen LogP contribution in [-0.2, 0) is 6.18 Å². The molecule has 0 aliphatic carbocycles. The molecule has 0 atom stereocenters. The van der Waals surface area contributed by atoms with Crippen LogP contribution in [0.2, 0.25) is 0 Å². The van der Waals surface area contributed by atoms with E-state index in [0.29, 0.717) is 28.2 Å². The first kappa shape index (κ1) is 19.9. The molecule has 0 fully saturated rings. The fourth-order valence-electron chi connectivity index (χ4n) is 2.69. The van der Waals surface area contributed by atoms with Crippen LogP contribution in [0.15, 0.2) is 30.5 Å². The Balaban J connectivity index is 2.36. The van der Waals surface area contributed by atoms with E-state index in [4.69, 9.17) is 9.47 Å². The molecule has 142 valence electrons. The van der Waals surface area contributed by atoms with Gasteiger partial charge in [0.25, 0.3) is 0 Å². The zero-order valence-corrected chi connectivity index (χ0v) is 15.0. The summed E-state index contributed by atoms with van der Waals surface area (Å²) in [6.07, 6.45) is -0.202. The molecule has 0 bridgehead atoms. The van der Waals surface area contributed by atoms with Crippen molar-refractivity contribution in [3.8, 4) is 22.8 Å². The third-order valence-corrected chi connectivity index (χ3v) is 4.00. The van der Waals surface area contributed by atoms with E-state index in [-0.39, 0.29) is 11.4 Å². The quantitative estimate of drug-likeness (QED) is 0.396. The lowest BCUT2D eigenvalue weighted by molar-refractivity contribution is -0.594. The van der Waals surface area contributed by atoms with E-state index in [1.165, 1.54) is 19.4 Å². The molecule has 4 nitrogen and oxygen atoms in total. The lowest BCUT2D eigenvalue weighted by atomic mass is 10.0. The smallest absolute Gasteiger partial charge is 0.416 e. The number of unbranched alkanes of at least 4 members (excludes halogenated alkanes) is 2. The fraction of sp³-hybridized carbons (Fsp3) is 0.421. The average molecular weight is 369 g/mol. The van der Waals surface area contributed by atoms with E-state index in [0.717, 1.165) is 31.4 Å². The molecule has 2 aromatic rings. The molecule has 2 rings (SSSR count). The summed E-state index contributed by atoms with van der Waals surface area (Å²) in [5, 5.41) is 12.5. The van der Waals surface area contributed by atoms with Crippen molar-refractivity contribution >= 4 is 0 Å². The van der Waals surface area contributed by atoms with Crippen molar-refractivity contribution in [2.45, 2.75) is 39.3 Å². The van der Waals surface area contributed by atoms with Gasteiger partial charge in [-0.05, 0) is 37.6 Å². The average Bonchev–Trinajstić information content (AvgIpc) is 2.57. The van der Waals surface area contributed by atoms with Crippen molar-refractivity contribution in [3.63, 3.8) is 0 Å². The standard InChI is InChI=1S/C19H22F3NO3/c1-4-5-6-9-26-15-10-13(2)18(23(24)12-15)16-8-7-14(19(20,21)22)11-17(16)25-3/h7-8,10-12H,4-6,9H2,1-3H3. The van der Waals surface area contributed by atoms with Gasteiger partial charge in [0.15, 0.2) is 5.75 Å². The molecule has 7 heteroatoms. The van der Waals surface area contributed by atoms with Crippen LogP contribution < -0.4 is 14.2 Å². The summed E-state index contributed by atoms with van der Waals surface area (Å²) in [6, 6.07) is 4.78. The van der Waals surface area contributed by atoms with E-state index in [1.807, 2.05) is 0 Å². The van der Waals surface area contributed by atoms with Crippen LogP contribution in [0.3, 0.4) is 0 Å². The van der Waals surface area contributed by atoms with Gasteiger partial charge in [0.05, 0.1) is 24.8 Å².